The SMILES string of the molecule is COc1ccc(F)cc1NC(=O)CN1CCc2nc3ccccc3c(C(=O)N3CCN(CCO)CC3)c2C1. The average Bonchev–Trinajstić information content (AvgIpc) is 2.92. The second kappa shape index (κ2) is 11.4. The first-order chi connectivity index (χ1) is 18.5. The lowest BCUT2D eigenvalue weighted by molar-refractivity contribution is -0.117. The van der Waals surface area contributed by atoms with E-state index < -0.39 is 5.82 Å². The van der Waals surface area contributed by atoms with E-state index in [0.717, 1.165) is 22.2 Å². The highest BCUT2D eigenvalue weighted by molar-refractivity contribution is 6.07. The smallest absolute Gasteiger partial charge is 0.255 e. The second-order valence-corrected chi connectivity index (χ2v) is 9.64. The molecule has 0 spiro atoms. The number of carbonyl (C=O) groups excluding carboxylic acids is 2. The van der Waals surface area contributed by atoms with E-state index in [-0.39, 0.29) is 30.7 Å². The number of benzene rings is 2. The number of hydrogen-bond donors (Lipinski definition) is 2. The van der Waals surface area contributed by atoms with Crippen molar-refractivity contribution in [2.24, 2.45) is 0 Å². The summed E-state index contributed by atoms with van der Waals surface area (Å²) >= 11 is 0. The number of aliphatic hydroxyl groups is 1. The van der Waals surface area contributed by atoms with E-state index in [1.807, 2.05) is 34.1 Å². The Morgan fingerprint density at radius 2 is 1.87 bits per heavy atom. The van der Waals surface area contributed by atoms with Crippen molar-refractivity contribution in [2.75, 3.05) is 64.8 Å². The Morgan fingerprint density at radius 1 is 1.08 bits per heavy atom. The summed E-state index contributed by atoms with van der Waals surface area (Å²) < 4.78 is 19.0. The molecule has 0 aliphatic carbocycles. The molecule has 0 radical (unpaired) electrons. The molecule has 0 atom stereocenters. The molecule has 0 saturated carbocycles. The molecule has 0 bridgehead atoms. The molecule has 1 fully saturated rings. The fraction of sp³-hybridized carbons (Fsp3) is 0.393. The zero-order valence-corrected chi connectivity index (χ0v) is 21.5. The number of aliphatic hydroxyl groups excluding tert-OH is 1. The number of ether oxygens (including phenoxy) is 1. The van der Waals surface area contributed by atoms with Crippen LogP contribution in [0.1, 0.15) is 21.6 Å². The molecule has 10 heteroatoms. The molecule has 38 heavy (non-hydrogen) atoms. The highest BCUT2D eigenvalue weighted by Gasteiger charge is 2.30. The summed E-state index contributed by atoms with van der Waals surface area (Å²) in [6, 6.07) is 11.7. The lowest BCUT2D eigenvalue weighted by Crippen LogP contribution is -2.49. The molecule has 2 amide bonds. The number of anilines is 1. The number of para-hydroxylation sites is 1. The summed E-state index contributed by atoms with van der Waals surface area (Å²) in [5, 5.41) is 12.8. The van der Waals surface area contributed by atoms with E-state index in [9.17, 15) is 19.1 Å². The molecule has 2 aliphatic rings. The van der Waals surface area contributed by atoms with Crippen LogP contribution in [-0.4, -0.2) is 96.1 Å². The minimum absolute atomic E-state index is 0.0284. The normalized spacial score (nSPS) is 16.3. The quantitative estimate of drug-likeness (QED) is 0.492. The topological polar surface area (TPSA) is 98.2 Å². The lowest BCUT2D eigenvalue weighted by Gasteiger charge is -2.36. The molecule has 200 valence electrons. The number of hydrogen-bond acceptors (Lipinski definition) is 7. The fourth-order valence-corrected chi connectivity index (χ4v) is 5.27. The van der Waals surface area contributed by atoms with Gasteiger partial charge in [0.15, 0.2) is 0 Å². The summed E-state index contributed by atoms with van der Waals surface area (Å²) in [5.41, 5.74) is 3.46. The van der Waals surface area contributed by atoms with Gasteiger partial charge in [0.05, 0.1) is 37.0 Å². The largest absolute Gasteiger partial charge is 0.495 e. The second-order valence-electron chi connectivity index (χ2n) is 9.64. The molecule has 0 unspecified atom stereocenters. The van der Waals surface area contributed by atoms with Crippen LogP contribution in [0, 0.1) is 5.82 Å². The molecule has 2 N–H and O–H groups in total. The van der Waals surface area contributed by atoms with E-state index in [1.165, 1.54) is 25.3 Å². The van der Waals surface area contributed by atoms with Crippen LogP contribution in [0.25, 0.3) is 10.9 Å². The van der Waals surface area contributed by atoms with Crippen LogP contribution in [0.3, 0.4) is 0 Å². The fourth-order valence-electron chi connectivity index (χ4n) is 5.27. The Balaban J connectivity index is 1.38. The molecule has 5 rings (SSSR count). The van der Waals surface area contributed by atoms with E-state index in [0.29, 0.717) is 63.5 Å². The standard InChI is InChI=1S/C28H32FN5O4/c1-38-25-7-6-19(29)16-24(25)31-26(36)18-33-9-8-23-21(17-33)27(20-4-2-3-5-22(20)30-23)28(37)34-12-10-32(11-13-34)14-15-35/h2-7,16,35H,8-15,17-18H2,1H3,(H,31,36). The Bertz CT molecular complexity index is 1340. The Kier molecular flexibility index (Phi) is 7.82. The van der Waals surface area contributed by atoms with Crippen molar-refractivity contribution >= 4 is 28.4 Å². The van der Waals surface area contributed by atoms with Gasteiger partial charge in [0.2, 0.25) is 5.91 Å². The summed E-state index contributed by atoms with van der Waals surface area (Å²) in [5.74, 6) is -0.407. The summed E-state index contributed by atoms with van der Waals surface area (Å²) in [6.07, 6.45) is 0.612. The van der Waals surface area contributed by atoms with Gasteiger partial charge in [0.1, 0.15) is 11.6 Å². The summed E-state index contributed by atoms with van der Waals surface area (Å²) in [4.78, 5) is 37.7. The van der Waals surface area contributed by atoms with Gasteiger partial charge in [-0.05, 0) is 18.2 Å². The van der Waals surface area contributed by atoms with E-state index in [1.54, 1.807) is 0 Å². The predicted octanol–water partition coefficient (Wildman–Crippen LogP) is 2.13. The first-order valence-corrected chi connectivity index (χ1v) is 12.9. The number of methoxy groups -OCH3 is 1. The summed E-state index contributed by atoms with van der Waals surface area (Å²) in [7, 11) is 1.47. The number of β-amino-alcohol motifs (C(OH)–C–C–N with tert-alkyl or cyclic N) is 1. The number of pyridine rings is 1. The average molecular weight is 522 g/mol. The van der Waals surface area contributed by atoms with E-state index in [2.05, 4.69) is 10.2 Å². The van der Waals surface area contributed by atoms with Gasteiger partial charge in [-0.15, -0.1) is 0 Å². The minimum Gasteiger partial charge on any atom is -0.495 e. The van der Waals surface area contributed by atoms with Crippen molar-refractivity contribution in [1.29, 1.82) is 0 Å². The molecule has 2 aromatic carbocycles. The van der Waals surface area contributed by atoms with Gasteiger partial charge in [0.25, 0.3) is 5.91 Å². The highest BCUT2D eigenvalue weighted by atomic mass is 19.1. The van der Waals surface area contributed by atoms with Crippen LogP contribution >= 0.6 is 0 Å². The lowest BCUT2D eigenvalue weighted by atomic mass is 9.94. The minimum atomic E-state index is -0.466. The number of piperazine rings is 1. The van der Waals surface area contributed by atoms with Crippen molar-refractivity contribution in [3.63, 3.8) is 0 Å². The first kappa shape index (κ1) is 26.0. The van der Waals surface area contributed by atoms with Crippen LogP contribution in [0.5, 0.6) is 5.75 Å². The number of nitrogens with one attached hydrogen (secondary N) is 1. The number of amides is 2. The number of nitrogens with zero attached hydrogens (tertiary/aromatic N) is 4. The predicted molar refractivity (Wildman–Crippen MR) is 142 cm³/mol. The molecule has 3 heterocycles. The zero-order chi connectivity index (χ0) is 26.6. The van der Waals surface area contributed by atoms with Gasteiger partial charge in [-0.1, -0.05) is 18.2 Å². The number of fused-ring (bicyclic) bond motifs is 2. The van der Waals surface area contributed by atoms with Gasteiger partial charge in [-0.3, -0.25) is 24.4 Å². The number of carbonyl (C=O) groups is 2. The molecule has 2 aliphatic heterocycles. The third-order valence-electron chi connectivity index (χ3n) is 7.22. The van der Waals surface area contributed by atoms with Gasteiger partial charge < -0.3 is 20.1 Å². The van der Waals surface area contributed by atoms with Crippen LogP contribution in [0.15, 0.2) is 42.5 Å². The van der Waals surface area contributed by atoms with Gasteiger partial charge in [0, 0.05) is 74.9 Å². The Hall–Kier alpha value is -3.60. The van der Waals surface area contributed by atoms with Crippen LogP contribution in [-0.2, 0) is 17.8 Å². The third kappa shape index (κ3) is 5.47. The van der Waals surface area contributed by atoms with Gasteiger partial charge in [-0.25, -0.2) is 4.39 Å². The molecular weight excluding hydrogens is 489 g/mol. The van der Waals surface area contributed by atoms with Gasteiger partial charge in [-0.2, -0.15) is 0 Å². The zero-order valence-electron chi connectivity index (χ0n) is 21.5. The molecular formula is C28H32FN5O4. The maximum Gasteiger partial charge on any atom is 0.255 e. The first-order valence-electron chi connectivity index (χ1n) is 12.9. The number of aromatic nitrogens is 1. The summed E-state index contributed by atoms with van der Waals surface area (Å²) in [6.45, 7) is 4.42. The molecule has 1 aromatic heterocycles. The van der Waals surface area contributed by atoms with Crippen molar-refractivity contribution in [1.82, 2.24) is 19.7 Å². The van der Waals surface area contributed by atoms with Crippen LogP contribution in [0.4, 0.5) is 10.1 Å². The number of rotatable bonds is 7. The number of halogens is 1. The van der Waals surface area contributed by atoms with Crippen molar-refractivity contribution < 1.29 is 23.8 Å². The monoisotopic (exact) mass is 521 g/mol. The third-order valence-corrected chi connectivity index (χ3v) is 7.22. The Labute approximate surface area is 220 Å². The van der Waals surface area contributed by atoms with Crippen LogP contribution in [0.2, 0.25) is 0 Å². The van der Waals surface area contributed by atoms with Gasteiger partial charge >= 0.3 is 0 Å². The maximum absolute atomic E-state index is 13.9. The van der Waals surface area contributed by atoms with E-state index >= 15 is 0 Å². The molecule has 3 aromatic rings. The van der Waals surface area contributed by atoms with Crippen molar-refractivity contribution in [3.05, 3.63) is 65.1 Å². The van der Waals surface area contributed by atoms with Crippen LogP contribution < -0.4 is 10.1 Å². The Morgan fingerprint density at radius 3 is 2.63 bits per heavy atom. The maximum atomic E-state index is 13.9. The van der Waals surface area contributed by atoms with Crippen molar-refractivity contribution in [2.45, 2.75) is 13.0 Å². The van der Waals surface area contributed by atoms with E-state index in [4.69, 9.17) is 9.72 Å². The van der Waals surface area contributed by atoms with Crippen molar-refractivity contribution in [3.8, 4) is 5.75 Å². The molecule has 1 saturated heterocycles. The molecule has 9 nitrogen and oxygen atoms in total. The highest BCUT2D eigenvalue weighted by Crippen LogP contribution is 2.30.